The summed E-state index contributed by atoms with van der Waals surface area (Å²) in [6.07, 6.45) is 0.440. The molecule has 8 heteroatoms. The molecule has 234 valence electrons. The average Bonchev–Trinajstić information content (AvgIpc) is 3.05. The summed E-state index contributed by atoms with van der Waals surface area (Å²) in [6.45, 7) is 6.22. The van der Waals surface area contributed by atoms with Crippen molar-refractivity contribution in [3.63, 3.8) is 0 Å². The molecule has 0 aromatic heterocycles. The number of hydrogen-bond donors (Lipinski definition) is 0. The molecule has 0 fully saturated rings. The molecule has 0 bridgehead atoms. The molecule has 44 heavy (non-hydrogen) atoms. The molecular weight excluding hydrogens is 688 g/mol. The zero-order valence-corrected chi connectivity index (χ0v) is 28.4. The van der Waals surface area contributed by atoms with Gasteiger partial charge in [-0.15, -0.1) is 0 Å². The highest BCUT2D eigenvalue weighted by atomic mass is 79.9. The molecule has 0 aliphatic heterocycles. The Hall–Kier alpha value is -2.72. The summed E-state index contributed by atoms with van der Waals surface area (Å²) in [5.74, 6) is 1.47. The van der Waals surface area contributed by atoms with Crippen molar-refractivity contribution >= 4 is 31.9 Å². The van der Waals surface area contributed by atoms with E-state index in [9.17, 15) is 0 Å². The van der Waals surface area contributed by atoms with Gasteiger partial charge in [-0.05, 0) is 80.1 Å². The van der Waals surface area contributed by atoms with Crippen molar-refractivity contribution in [2.24, 2.45) is 0 Å². The van der Waals surface area contributed by atoms with E-state index < -0.39 is 0 Å². The van der Waals surface area contributed by atoms with Crippen LogP contribution >= 0.6 is 31.9 Å². The molecule has 2 atom stereocenters. The van der Waals surface area contributed by atoms with Crippen molar-refractivity contribution in [1.82, 2.24) is 0 Å². The maximum atomic E-state index is 6.74. The Kier molecular flexibility index (Phi) is 14.7. The zero-order valence-electron chi connectivity index (χ0n) is 25.3. The lowest BCUT2D eigenvalue weighted by atomic mass is 9.97. The highest BCUT2D eigenvalue weighted by molar-refractivity contribution is 9.10. The Morgan fingerprint density at radius 3 is 1.32 bits per heavy atom. The second-order valence-electron chi connectivity index (χ2n) is 10.0. The molecule has 0 N–H and O–H groups in total. The lowest BCUT2D eigenvalue weighted by Crippen LogP contribution is -2.36. The van der Waals surface area contributed by atoms with Crippen molar-refractivity contribution < 1.29 is 28.4 Å². The Balaban J connectivity index is 1.69. The minimum Gasteiger partial charge on any atom is -0.466 e. The molecule has 0 saturated carbocycles. The molecule has 0 unspecified atom stereocenters. The monoisotopic (exact) mass is 726 g/mol. The first-order chi connectivity index (χ1) is 21.6. The number of rotatable bonds is 19. The summed E-state index contributed by atoms with van der Waals surface area (Å²) in [6, 6.07) is 32.5. The lowest BCUT2D eigenvalue weighted by molar-refractivity contribution is -0.0853. The molecule has 0 radical (unpaired) electrons. The fraction of sp³-hybridized carbons (Fsp3) is 0.333. The smallest absolute Gasteiger partial charge is 0.189 e. The molecule has 0 spiro atoms. The molecule has 4 aromatic carbocycles. The van der Waals surface area contributed by atoms with Crippen LogP contribution in [0.4, 0.5) is 0 Å². The molecule has 6 nitrogen and oxygen atoms in total. The van der Waals surface area contributed by atoms with E-state index in [4.69, 9.17) is 28.4 Å². The van der Waals surface area contributed by atoms with Crippen LogP contribution < -0.4 is 9.47 Å². The minimum atomic E-state index is -0.332. The van der Waals surface area contributed by atoms with E-state index in [-0.39, 0.29) is 25.8 Å². The number of para-hydroxylation sites is 2. The predicted octanol–water partition coefficient (Wildman–Crippen LogP) is 8.91. The van der Waals surface area contributed by atoms with E-state index in [0.29, 0.717) is 39.3 Å². The summed E-state index contributed by atoms with van der Waals surface area (Å²) in [5, 5.41) is 0. The van der Waals surface area contributed by atoms with Crippen molar-refractivity contribution in [3.8, 4) is 11.5 Å². The van der Waals surface area contributed by atoms with Crippen LogP contribution in [-0.4, -0.2) is 39.0 Å². The van der Waals surface area contributed by atoms with E-state index >= 15 is 0 Å². The van der Waals surface area contributed by atoms with Crippen LogP contribution in [0, 0.1) is 0 Å². The van der Waals surface area contributed by atoms with Gasteiger partial charge in [0, 0.05) is 26.1 Å². The van der Waals surface area contributed by atoms with Crippen LogP contribution in [0.1, 0.15) is 36.1 Å². The fourth-order valence-corrected chi connectivity index (χ4v) is 5.75. The molecule has 0 saturated heterocycles. The molecule has 4 aromatic rings. The Morgan fingerprint density at radius 2 is 0.932 bits per heavy atom. The third kappa shape index (κ3) is 10.7. The van der Waals surface area contributed by atoms with Crippen LogP contribution in [0.15, 0.2) is 106 Å². The summed E-state index contributed by atoms with van der Waals surface area (Å²) < 4.78 is 38.4. The van der Waals surface area contributed by atoms with Gasteiger partial charge >= 0.3 is 0 Å². The lowest BCUT2D eigenvalue weighted by Gasteiger charge is -2.29. The summed E-state index contributed by atoms with van der Waals surface area (Å²) in [7, 11) is 0. The van der Waals surface area contributed by atoms with Crippen molar-refractivity contribution in [1.29, 1.82) is 0 Å². The topological polar surface area (TPSA) is 55.4 Å². The third-order valence-corrected chi connectivity index (χ3v) is 8.20. The van der Waals surface area contributed by atoms with Gasteiger partial charge in [0.15, 0.2) is 13.6 Å². The van der Waals surface area contributed by atoms with Crippen LogP contribution in [0.5, 0.6) is 11.5 Å². The first-order valence-corrected chi connectivity index (χ1v) is 16.4. The minimum absolute atomic E-state index is 0.161. The quantitative estimate of drug-likeness (QED) is 0.0711. The molecule has 0 aliphatic carbocycles. The van der Waals surface area contributed by atoms with Crippen LogP contribution in [-0.2, 0) is 45.0 Å². The number of hydrogen-bond acceptors (Lipinski definition) is 6. The average molecular weight is 729 g/mol. The van der Waals surface area contributed by atoms with Gasteiger partial charge in [0.1, 0.15) is 11.5 Å². The number of halogens is 2. The maximum Gasteiger partial charge on any atom is 0.189 e. The first-order valence-electron chi connectivity index (χ1n) is 14.9. The first kappa shape index (κ1) is 34.2. The Labute approximate surface area is 277 Å². The zero-order chi connectivity index (χ0) is 31.0. The van der Waals surface area contributed by atoms with E-state index in [0.717, 1.165) is 42.7 Å². The van der Waals surface area contributed by atoms with Crippen molar-refractivity contribution in [3.05, 3.63) is 128 Å². The van der Waals surface area contributed by atoms with E-state index in [2.05, 4.69) is 68.3 Å². The van der Waals surface area contributed by atoms with Gasteiger partial charge in [-0.3, -0.25) is 0 Å². The van der Waals surface area contributed by atoms with Gasteiger partial charge in [0.2, 0.25) is 0 Å². The van der Waals surface area contributed by atoms with E-state index in [1.807, 2.05) is 74.5 Å². The van der Waals surface area contributed by atoms with Crippen molar-refractivity contribution in [2.45, 2.75) is 52.1 Å². The van der Waals surface area contributed by atoms with Crippen LogP contribution in [0.2, 0.25) is 0 Å². The van der Waals surface area contributed by atoms with Gasteiger partial charge in [-0.1, -0.05) is 84.9 Å². The van der Waals surface area contributed by atoms with Crippen molar-refractivity contribution in [2.75, 3.05) is 26.8 Å². The van der Waals surface area contributed by atoms with E-state index in [1.165, 1.54) is 0 Å². The Bertz CT molecular complexity index is 1280. The van der Waals surface area contributed by atoms with Gasteiger partial charge in [-0.2, -0.15) is 0 Å². The number of benzene rings is 4. The maximum absolute atomic E-state index is 6.74. The molecular formula is C36H40Br2O6. The number of ether oxygens (including phenoxy) is 6. The largest absolute Gasteiger partial charge is 0.466 e. The molecule has 0 aliphatic rings. The van der Waals surface area contributed by atoms with Gasteiger partial charge in [-0.25, -0.2) is 0 Å². The fourth-order valence-electron chi connectivity index (χ4n) is 4.70. The molecule has 4 rings (SSSR count). The highest BCUT2D eigenvalue weighted by Gasteiger charge is 2.28. The molecule has 0 heterocycles. The summed E-state index contributed by atoms with van der Waals surface area (Å²) >= 11 is 7.36. The standard InChI is InChI=1S/C36H40Br2O6/c1-3-39-25-43-35-29(17-11-19-31(35)37)21-33(41-23-27-13-7-5-8-14-27)34(42-24-28-15-9-6-10-16-28)22-30-18-12-20-32(38)36(30)44-26-40-4-2/h5-20,33-34H,3-4,21-26H2,1-2H3/t33-,34-/m1/s1. The highest BCUT2D eigenvalue weighted by Crippen LogP contribution is 2.34. The predicted molar refractivity (Wildman–Crippen MR) is 180 cm³/mol. The third-order valence-electron chi connectivity index (χ3n) is 6.95. The van der Waals surface area contributed by atoms with E-state index in [1.54, 1.807) is 0 Å². The van der Waals surface area contributed by atoms with Crippen LogP contribution in [0.25, 0.3) is 0 Å². The summed E-state index contributed by atoms with van der Waals surface area (Å²) in [5.41, 5.74) is 4.16. The second kappa shape index (κ2) is 18.9. The SMILES string of the molecule is CCOCOc1c(Br)cccc1C[C@@H](OCc1ccccc1)[C@@H](Cc1cccc(Br)c1OCOCC)OCc1ccccc1. The second-order valence-corrected chi connectivity index (χ2v) is 11.8. The normalized spacial score (nSPS) is 12.5. The van der Waals surface area contributed by atoms with Crippen LogP contribution in [0.3, 0.4) is 0 Å². The summed E-state index contributed by atoms with van der Waals surface area (Å²) in [4.78, 5) is 0. The molecule has 0 amide bonds. The van der Waals surface area contributed by atoms with Gasteiger partial charge < -0.3 is 28.4 Å². The Morgan fingerprint density at radius 1 is 0.523 bits per heavy atom. The van der Waals surface area contributed by atoms with Gasteiger partial charge in [0.25, 0.3) is 0 Å². The van der Waals surface area contributed by atoms with Gasteiger partial charge in [0.05, 0.1) is 34.4 Å².